The SMILES string of the molecule is Cc1ccc(C(O)CCCC(=O)O)c(C)c1. The minimum absolute atomic E-state index is 0.113. The van der Waals surface area contributed by atoms with Gasteiger partial charge in [0.25, 0.3) is 0 Å². The lowest BCUT2D eigenvalue weighted by molar-refractivity contribution is -0.137. The summed E-state index contributed by atoms with van der Waals surface area (Å²) in [5.41, 5.74) is 3.12. The zero-order valence-corrected chi connectivity index (χ0v) is 9.73. The second kappa shape index (κ2) is 5.66. The topological polar surface area (TPSA) is 57.5 Å². The fourth-order valence-electron chi connectivity index (χ4n) is 1.80. The number of aliphatic hydroxyl groups is 1. The number of aliphatic carboxylic acids is 1. The smallest absolute Gasteiger partial charge is 0.303 e. The monoisotopic (exact) mass is 222 g/mol. The van der Waals surface area contributed by atoms with Gasteiger partial charge in [-0.3, -0.25) is 4.79 Å². The van der Waals surface area contributed by atoms with Crippen LogP contribution in [0.15, 0.2) is 18.2 Å². The van der Waals surface area contributed by atoms with Crippen molar-refractivity contribution in [2.24, 2.45) is 0 Å². The van der Waals surface area contributed by atoms with Crippen molar-refractivity contribution in [2.45, 2.75) is 39.2 Å². The van der Waals surface area contributed by atoms with Gasteiger partial charge in [-0.15, -0.1) is 0 Å². The van der Waals surface area contributed by atoms with Crippen LogP contribution in [0, 0.1) is 13.8 Å². The molecule has 0 saturated heterocycles. The molecule has 0 radical (unpaired) electrons. The van der Waals surface area contributed by atoms with Crippen LogP contribution in [0.5, 0.6) is 0 Å². The number of carbonyl (C=O) groups is 1. The van der Waals surface area contributed by atoms with Crippen LogP contribution < -0.4 is 0 Å². The Morgan fingerprint density at radius 2 is 2.06 bits per heavy atom. The Hall–Kier alpha value is -1.35. The van der Waals surface area contributed by atoms with Gasteiger partial charge in [-0.05, 0) is 37.8 Å². The second-order valence-corrected chi connectivity index (χ2v) is 4.16. The molecule has 2 N–H and O–H groups in total. The van der Waals surface area contributed by atoms with E-state index in [4.69, 9.17) is 5.11 Å². The molecule has 1 aromatic carbocycles. The van der Waals surface area contributed by atoms with Crippen molar-refractivity contribution < 1.29 is 15.0 Å². The Bertz CT molecular complexity index is 371. The highest BCUT2D eigenvalue weighted by molar-refractivity contribution is 5.66. The molecule has 0 aliphatic rings. The minimum atomic E-state index is -0.812. The molecule has 0 fully saturated rings. The van der Waals surface area contributed by atoms with Gasteiger partial charge in [-0.1, -0.05) is 23.8 Å². The summed E-state index contributed by atoms with van der Waals surface area (Å²) in [5, 5.41) is 18.4. The summed E-state index contributed by atoms with van der Waals surface area (Å²) in [6.45, 7) is 3.97. The van der Waals surface area contributed by atoms with Gasteiger partial charge in [0.05, 0.1) is 6.10 Å². The van der Waals surface area contributed by atoms with E-state index in [2.05, 4.69) is 0 Å². The number of carboxylic acids is 1. The van der Waals surface area contributed by atoms with E-state index >= 15 is 0 Å². The molecule has 0 bridgehead atoms. The van der Waals surface area contributed by atoms with Gasteiger partial charge in [-0.25, -0.2) is 0 Å². The zero-order chi connectivity index (χ0) is 12.1. The molecule has 3 nitrogen and oxygen atoms in total. The van der Waals surface area contributed by atoms with Crippen LogP contribution in [0.1, 0.15) is 42.1 Å². The van der Waals surface area contributed by atoms with Gasteiger partial charge in [0.15, 0.2) is 0 Å². The molecule has 1 atom stereocenters. The predicted octanol–water partition coefficient (Wildman–Crippen LogP) is 2.59. The summed E-state index contributed by atoms with van der Waals surface area (Å²) in [5.74, 6) is -0.812. The first kappa shape index (κ1) is 12.7. The van der Waals surface area contributed by atoms with Crippen LogP contribution in [-0.4, -0.2) is 16.2 Å². The standard InChI is InChI=1S/C13H18O3/c1-9-6-7-11(10(2)8-9)12(14)4-3-5-13(15)16/h6-8,12,14H,3-5H2,1-2H3,(H,15,16). The molecule has 1 aromatic rings. The molecule has 0 aromatic heterocycles. The Labute approximate surface area is 95.7 Å². The lowest BCUT2D eigenvalue weighted by Crippen LogP contribution is -2.02. The number of carboxylic acid groups (broad SMARTS) is 1. The molecule has 88 valence electrons. The van der Waals surface area contributed by atoms with Gasteiger partial charge in [0.2, 0.25) is 0 Å². The molecule has 0 amide bonds. The number of aryl methyl sites for hydroxylation is 2. The molecule has 3 heteroatoms. The third-order valence-electron chi connectivity index (χ3n) is 2.65. The fourth-order valence-corrected chi connectivity index (χ4v) is 1.80. The van der Waals surface area contributed by atoms with Crippen LogP contribution in [0.25, 0.3) is 0 Å². The summed E-state index contributed by atoms with van der Waals surface area (Å²) >= 11 is 0. The van der Waals surface area contributed by atoms with Crippen LogP contribution in [0.4, 0.5) is 0 Å². The van der Waals surface area contributed by atoms with E-state index in [0.29, 0.717) is 12.8 Å². The Morgan fingerprint density at radius 1 is 1.38 bits per heavy atom. The average Bonchev–Trinajstić information content (AvgIpc) is 2.16. The third-order valence-corrected chi connectivity index (χ3v) is 2.65. The molecule has 0 aliphatic heterocycles. The first-order valence-electron chi connectivity index (χ1n) is 5.47. The van der Waals surface area contributed by atoms with E-state index in [1.165, 1.54) is 5.56 Å². The zero-order valence-electron chi connectivity index (χ0n) is 9.73. The highest BCUT2D eigenvalue weighted by atomic mass is 16.4. The molecule has 0 heterocycles. The summed E-state index contributed by atoms with van der Waals surface area (Å²) < 4.78 is 0. The van der Waals surface area contributed by atoms with E-state index in [9.17, 15) is 9.90 Å². The first-order valence-corrected chi connectivity index (χ1v) is 5.47. The number of rotatable bonds is 5. The highest BCUT2D eigenvalue weighted by Gasteiger charge is 2.10. The number of aliphatic hydroxyl groups excluding tert-OH is 1. The van der Waals surface area contributed by atoms with E-state index in [1.807, 2.05) is 32.0 Å². The summed E-state index contributed by atoms with van der Waals surface area (Å²) in [6.07, 6.45) is 0.557. The molecule has 1 unspecified atom stereocenters. The van der Waals surface area contributed by atoms with Crippen molar-refractivity contribution in [1.29, 1.82) is 0 Å². The fraction of sp³-hybridized carbons (Fsp3) is 0.462. The van der Waals surface area contributed by atoms with Crippen LogP contribution in [0.3, 0.4) is 0 Å². The van der Waals surface area contributed by atoms with Crippen molar-refractivity contribution in [1.82, 2.24) is 0 Å². The normalized spacial score (nSPS) is 12.4. The van der Waals surface area contributed by atoms with E-state index in [1.54, 1.807) is 0 Å². The minimum Gasteiger partial charge on any atom is -0.481 e. The van der Waals surface area contributed by atoms with Crippen molar-refractivity contribution in [2.75, 3.05) is 0 Å². The number of benzene rings is 1. The van der Waals surface area contributed by atoms with Crippen molar-refractivity contribution in [3.05, 3.63) is 34.9 Å². The molecule has 1 rings (SSSR count). The van der Waals surface area contributed by atoms with Gasteiger partial charge >= 0.3 is 5.97 Å². The maximum atomic E-state index is 10.3. The molecular formula is C13H18O3. The summed E-state index contributed by atoms with van der Waals surface area (Å²) in [7, 11) is 0. The molecule has 0 spiro atoms. The quantitative estimate of drug-likeness (QED) is 0.805. The second-order valence-electron chi connectivity index (χ2n) is 4.16. The summed E-state index contributed by atoms with van der Waals surface area (Å²) in [4.78, 5) is 10.3. The van der Waals surface area contributed by atoms with E-state index < -0.39 is 12.1 Å². The largest absolute Gasteiger partial charge is 0.481 e. The van der Waals surface area contributed by atoms with Crippen molar-refractivity contribution in [3.8, 4) is 0 Å². The Balaban J connectivity index is 2.58. The van der Waals surface area contributed by atoms with Gasteiger partial charge in [0, 0.05) is 6.42 Å². The van der Waals surface area contributed by atoms with Gasteiger partial charge in [0.1, 0.15) is 0 Å². The molecule has 0 aliphatic carbocycles. The van der Waals surface area contributed by atoms with Gasteiger partial charge in [-0.2, -0.15) is 0 Å². The lowest BCUT2D eigenvalue weighted by Gasteiger charge is -2.13. The van der Waals surface area contributed by atoms with Gasteiger partial charge < -0.3 is 10.2 Å². The predicted molar refractivity (Wildman–Crippen MR) is 62.4 cm³/mol. The van der Waals surface area contributed by atoms with Crippen LogP contribution >= 0.6 is 0 Å². The van der Waals surface area contributed by atoms with Crippen LogP contribution in [0.2, 0.25) is 0 Å². The average molecular weight is 222 g/mol. The van der Waals surface area contributed by atoms with Crippen molar-refractivity contribution in [3.63, 3.8) is 0 Å². The summed E-state index contributed by atoms with van der Waals surface area (Å²) in [6, 6.07) is 5.90. The number of hydrogen-bond donors (Lipinski definition) is 2. The maximum Gasteiger partial charge on any atom is 0.303 e. The van der Waals surface area contributed by atoms with Crippen LogP contribution in [-0.2, 0) is 4.79 Å². The molecule has 0 saturated carbocycles. The van der Waals surface area contributed by atoms with E-state index in [-0.39, 0.29) is 6.42 Å². The highest BCUT2D eigenvalue weighted by Crippen LogP contribution is 2.23. The number of hydrogen-bond acceptors (Lipinski definition) is 2. The van der Waals surface area contributed by atoms with Crippen molar-refractivity contribution >= 4 is 5.97 Å². The lowest BCUT2D eigenvalue weighted by atomic mass is 9.98. The Morgan fingerprint density at radius 3 is 2.62 bits per heavy atom. The maximum absolute atomic E-state index is 10.3. The molecule has 16 heavy (non-hydrogen) atoms. The third kappa shape index (κ3) is 3.66. The van der Waals surface area contributed by atoms with E-state index in [0.717, 1.165) is 11.1 Å². The first-order chi connectivity index (χ1) is 7.50. The molecular weight excluding hydrogens is 204 g/mol. The Kier molecular flexibility index (Phi) is 4.50.